The molecule has 4 nitrogen and oxygen atoms in total. The summed E-state index contributed by atoms with van der Waals surface area (Å²) in [6.07, 6.45) is 7.41. The van der Waals surface area contributed by atoms with Crippen LogP contribution in [0.25, 0.3) is 0 Å². The maximum atomic E-state index is 5.72. The van der Waals surface area contributed by atoms with Crippen molar-refractivity contribution in [1.82, 2.24) is 14.5 Å². The van der Waals surface area contributed by atoms with E-state index < -0.39 is 0 Å². The summed E-state index contributed by atoms with van der Waals surface area (Å²) in [6, 6.07) is 3.69. The van der Waals surface area contributed by atoms with Crippen molar-refractivity contribution in [2.75, 3.05) is 5.73 Å². The van der Waals surface area contributed by atoms with Crippen LogP contribution in [-0.2, 0) is 13.0 Å². The number of anilines is 1. The smallest absolute Gasteiger partial charge is 0.114 e. The summed E-state index contributed by atoms with van der Waals surface area (Å²) < 4.78 is 2.16. The number of nitrogens with two attached hydrogens (primary N) is 1. The summed E-state index contributed by atoms with van der Waals surface area (Å²) in [5.41, 5.74) is 7.43. The van der Waals surface area contributed by atoms with Gasteiger partial charge in [-0.1, -0.05) is 6.92 Å². The van der Waals surface area contributed by atoms with Gasteiger partial charge in [0, 0.05) is 42.9 Å². The Morgan fingerprint density at radius 1 is 1.31 bits per heavy atom. The van der Waals surface area contributed by atoms with Crippen molar-refractivity contribution in [3.8, 4) is 0 Å². The van der Waals surface area contributed by atoms with Crippen molar-refractivity contribution in [2.45, 2.75) is 26.3 Å². The van der Waals surface area contributed by atoms with Crippen molar-refractivity contribution in [1.29, 1.82) is 0 Å². The predicted molar refractivity (Wildman–Crippen MR) is 64.0 cm³/mol. The number of imidazole rings is 1. The highest BCUT2D eigenvalue weighted by Crippen LogP contribution is 2.09. The van der Waals surface area contributed by atoms with E-state index in [-0.39, 0.29) is 0 Å². The molecule has 2 N–H and O–H groups in total. The van der Waals surface area contributed by atoms with E-state index in [1.165, 1.54) is 0 Å². The fraction of sp³-hybridized carbons (Fsp3) is 0.333. The minimum absolute atomic E-state index is 0.734. The van der Waals surface area contributed by atoms with Crippen LogP contribution in [0.3, 0.4) is 0 Å². The fourth-order valence-corrected chi connectivity index (χ4v) is 1.71. The van der Waals surface area contributed by atoms with Crippen LogP contribution in [0.1, 0.15) is 24.9 Å². The topological polar surface area (TPSA) is 56.7 Å². The molecule has 0 saturated heterocycles. The maximum absolute atomic E-state index is 5.72. The van der Waals surface area contributed by atoms with E-state index >= 15 is 0 Å². The van der Waals surface area contributed by atoms with Crippen LogP contribution in [0.2, 0.25) is 0 Å². The molecule has 0 aliphatic heterocycles. The van der Waals surface area contributed by atoms with E-state index in [4.69, 9.17) is 5.73 Å². The molecule has 0 aliphatic rings. The molecule has 2 rings (SSSR count). The van der Waals surface area contributed by atoms with Crippen LogP contribution in [0.5, 0.6) is 0 Å². The van der Waals surface area contributed by atoms with Gasteiger partial charge < -0.3 is 10.3 Å². The molecule has 2 aromatic heterocycles. The molecule has 2 heterocycles. The number of pyridine rings is 1. The average Bonchev–Trinajstić information content (AvgIpc) is 2.66. The molecule has 0 fully saturated rings. The van der Waals surface area contributed by atoms with E-state index in [9.17, 15) is 0 Å². The highest BCUT2D eigenvalue weighted by Gasteiger charge is 2.04. The second kappa shape index (κ2) is 4.79. The van der Waals surface area contributed by atoms with E-state index in [0.717, 1.165) is 36.6 Å². The highest BCUT2D eigenvalue weighted by atomic mass is 15.1. The van der Waals surface area contributed by atoms with E-state index in [2.05, 4.69) is 21.5 Å². The van der Waals surface area contributed by atoms with Crippen molar-refractivity contribution >= 4 is 5.69 Å². The maximum Gasteiger partial charge on any atom is 0.114 e. The third-order valence-corrected chi connectivity index (χ3v) is 2.45. The molecule has 0 unspecified atom stereocenters. The van der Waals surface area contributed by atoms with Crippen LogP contribution in [0, 0.1) is 0 Å². The molecule has 84 valence electrons. The summed E-state index contributed by atoms with van der Waals surface area (Å²) >= 11 is 0. The molecule has 0 bridgehead atoms. The summed E-state index contributed by atoms with van der Waals surface area (Å²) in [7, 11) is 0. The molecule has 4 heteroatoms. The Hall–Kier alpha value is -1.84. The van der Waals surface area contributed by atoms with Crippen LogP contribution >= 0.6 is 0 Å². The highest BCUT2D eigenvalue weighted by molar-refractivity contribution is 5.37. The van der Waals surface area contributed by atoms with Gasteiger partial charge in [0.15, 0.2) is 0 Å². The molecule has 16 heavy (non-hydrogen) atoms. The van der Waals surface area contributed by atoms with Gasteiger partial charge in [0.05, 0.1) is 0 Å². The first-order valence-corrected chi connectivity index (χ1v) is 5.50. The number of hydrogen-bond donors (Lipinski definition) is 1. The molecule has 0 aromatic carbocycles. The van der Waals surface area contributed by atoms with E-state index in [1.807, 2.05) is 18.5 Å². The lowest BCUT2D eigenvalue weighted by atomic mass is 10.2. The van der Waals surface area contributed by atoms with Crippen LogP contribution in [-0.4, -0.2) is 14.5 Å². The van der Waals surface area contributed by atoms with Crippen LogP contribution in [0.4, 0.5) is 5.69 Å². The number of nitrogens with zero attached hydrogens (tertiary/aromatic N) is 3. The van der Waals surface area contributed by atoms with E-state index in [1.54, 1.807) is 12.3 Å². The average molecular weight is 216 g/mol. The number of hydrogen-bond acceptors (Lipinski definition) is 3. The van der Waals surface area contributed by atoms with Gasteiger partial charge in [-0.15, -0.1) is 0 Å². The third kappa shape index (κ3) is 2.39. The quantitative estimate of drug-likeness (QED) is 0.848. The summed E-state index contributed by atoms with van der Waals surface area (Å²) in [6.45, 7) is 3.15. The zero-order valence-electron chi connectivity index (χ0n) is 9.43. The number of rotatable bonds is 4. The normalized spacial score (nSPS) is 10.6. The van der Waals surface area contributed by atoms with Gasteiger partial charge in [-0.2, -0.15) is 0 Å². The van der Waals surface area contributed by atoms with Gasteiger partial charge in [-0.3, -0.25) is 4.98 Å². The summed E-state index contributed by atoms with van der Waals surface area (Å²) in [4.78, 5) is 8.62. The second-order valence-corrected chi connectivity index (χ2v) is 3.79. The second-order valence-electron chi connectivity index (χ2n) is 3.79. The standard InChI is InChI=1S/C12H16N4/c1-2-6-16-7-5-15-12(16)9-11-8-10(13)3-4-14-11/h3-5,7-8H,2,6,9H2,1H3,(H2,13,14). The minimum atomic E-state index is 0.734. The van der Waals surface area contributed by atoms with E-state index in [0.29, 0.717) is 0 Å². The van der Waals surface area contributed by atoms with Gasteiger partial charge in [-0.05, 0) is 18.6 Å². The minimum Gasteiger partial charge on any atom is -0.399 e. The molecule has 0 amide bonds. The molecule has 0 spiro atoms. The lowest BCUT2D eigenvalue weighted by Crippen LogP contribution is -2.04. The Balaban J connectivity index is 2.17. The lowest BCUT2D eigenvalue weighted by Gasteiger charge is -2.06. The molecular formula is C12H16N4. The van der Waals surface area contributed by atoms with Crippen molar-refractivity contribution in [3.05, 3.63) is 42.2 Å². The predicted octanol–water partition coefficient (Wildman–Crippen LogP) is 1.86. The Morgan fingerprint density at radius 2 is 2.19 bits per heavy atom. The summed E-state index contributed by atoms with van der Waals surface area (Å²) in [5, 5.41) is 0. The van der Waals surface area contributed by atoms with Crippen molar-refractivity contribution in [3.63, 3.8) is 0 Å². The lowest BCUT2D eigenvalue weighted by molar-refractivity contribution is 0.645. The van der Waals surface area contributed by atoms with Gasteiger partial charge in [-0.25, -0.2) is 4.98 Å². The Bertz CT molecular complexity index is 462. The molecule has 0 aliphatic carbocycles. The molecule has 0 saturated carbocycles. The zero-order chi connectivity index (χ0) is 11.4. The number of aryl methyl sites for hydroxylation is 1. The first-order valence-electron chi connectivity index (χ1n) is 5.50. The molecular weight excluding hydrogens is 200 g/mol. The first-order chi connectivity index (χ1) is 7.79. The van der Waals surface area contributed by atoms with Gasteiger partial charge >= 0.3 is 0 Å². The fourth-order valence-electron chi connectivity index (χ4n) is 1.71. The third-order valence-electron chi connectivity index (χ3n) is 2.45. The number of nitrogen functional groups attached to an aromatic ring is 1. The Morgan fingerprint density at radius 3 is 2.94 bits per heavy atom. The zero-order valence-corrected chi connectivity index (χ0v) is 9.43. The first kappa shape index (κ1) is 10.7. The van der Waals surface area contributed by atoms with Crippen LogP contribution < -0.4 is 5.73 Å². The summed E-state index contributed by atoms with van der Waals surface area (Å²) in [5.74, 6) is 1.04. The largest absolute Gasteiger partial charge is 0.399 e. The Kier molecular flexibility index (Phi) is 3.19. The Labute approximate surface area is 95.1 Å². The van der Waals surface area contributed by atoms with Gasteiger partial charge in [0.25, 0.3) is 0 Å². The van der Waals surface area contributed by atoms with Crippen molar-refractivity contribution < 1.29 is 0 Å². The molecule has 0 atom stereocenters. The number of aromatic nitrogens is 3. The van der Waals surface area contributed by atoms with Gasteiger partial charge in [0.1, 0.15) is 5.82 Å². The SMILES string of the molecule is CCCn1ccnc1Cc1cc(N)ccn1. The monoisotopic (exact) mass is 216 g/mol. The molecule has 0 radical (unpaired) electrons. The molecule has 2 aromatic rings. The van der Waals surface area contributed by atoms with Crippen LogP contribution in [0.15, 0.2) is 30.7 Å². The van der Waals surface area contributed by atoms with Gasteiger partial charge in [0.2, 0.25) is 0 Å². The van der Waals surface area contributed by atoms with Crippen molar-refractivity contribution in [2.24, 2.45) is 0 Å².